The third kappa shape index (κ3) is 5.87. The van der Waals surface area contributed by atoms with Crippen LogP contribution in [0.5, 0.6) is 17.2 Å². The van der Waals surface area contributed by atoms with Gasteiger partial charge in [-0.15, -0.1) is 0 Å². The number of ether oxygens (including phenoxy) is 4. The summed E-state index contributed by atoms with van der Waals surface area (Å²) in [5.41, 5.74) is -4.01. The Bertz CT molecular complexity index is 1310. The maximum absolute atomic E-state index is 13.4. The number of hydrogen-bond acceptors (Lipinski definition) is 7. The normalized spacial score (nSPS) is 16.2. The van der Waals surface area contributed by atoms with E-state index in [1.165, 1.54) is 20.3 Å². The van der Waals surface area contributed by atoms with Gasteiger partial charge in [0.05, 0.1) is 49.0 Å². The standard InChI is InChI=1S/C23H24F6N2O6S/c1-11(2)16-10-37-21(30-16)15-9-17(34-3)19(35-4)20(36-5)18(15)31-38(32,33)14-7-12(22(24,25)26)6-13(8-14)23(27,28)29/h6-9,11,16,31H,10H2,1-5H3/t16-/m0/s1. The summed E-state index contributed by atoms with van der Waals surface area (Å²) in [6.45, 7) is 3.91. The minimum atomic E-state index is -5.25. The number of alkyl halides is 6. The fourth-order valence-electron chi connectivity index (χ4n) is 3.58. The van der Waals surface area contributed by atoms with E-state index in [9.17, 15) is 34.8 Å². The lowest BCUT2D eigenvalue weighted by atomic mass is 10.1. The molecule has 1 atom stereocenters. The average molecular weight is 571 g/mol. The Morgan fingerprint density at radius 3 is 1.89 bits per heavy atom. The molecule has 1 aliphatic heterocycles. The summed E-state index contributed by atoms with van der Waals surface area (Å²) in [7, 11) is -1.41. The van der Waals surface area contributed by atoms with Gasteiger partial charge in [-0.25, -0.2) is 13.4 Å². The van der Waals surface area contributed by atoms with E-state index in [1.54, 1.807) is 0 Å². The van der Waals surface area contributed by atoms with Crippen LogP contribution in [0.2, 0.25) is 0 Å². The van der Waals surface area contributed by atoms with Gasteiger partial charge in [0, 0.05) is 0 Å². The molecule has 8 nitrogen and oxygen atoms in total. The number of hydrogen-bond donors (Lipinski definition) is 1. The number of nitrogens with zero attached hydrogens (tertiary/aromatic N) is 1. The molecule has 0 spiro atoms. The van der Waals surface area contributed by atoms with Crippen LogP contribution in [0.1, 0.15) is 30.5 Å². The first-order valence-electron chi connectivity index (χ1n) is 10.9. The second kappa shape index (κ2) is 10.4. The molecular weight excluding hydrogens is 546 g/mol. The molecule has 0 radical (unpaired) electrons. The topological polar surface area (TPSA) is 95.5 Å². The second-order valence-electron chi connectivity index (χ2n) is 8.47. The van der Waals surface area contributed by atoms with Gasteiger partial charge < -0.3 is 18.9 Å². The zero-order chi connectivity index (χ0) is 28.6. The first kappa shape index (κ1) is 29.2. The van der Waals surface area contributed by atoms with E-state index in [4.69, 9.17) is 18.9 Å². The highest BCUT2D eigenvalue weighted by atomic mass is 32.2. The van der Waals surface area contributed by atoms with E-state index in [2.05, 4.69) is 4.99 Å². The smallest absolute Gasteiger partial charge is 0.416 e. The summed E-state index contributed by atoms with van der Waals surface area (Å²) in [5, 5.41) is 0. The molecule has 3 rings (SSSR count). The summed E-state index contributed by atoms with van der Waals surface area (Å²) < 4.78 is 130. The third-order valence-corrected chi connectivity index (χ3v) is 6.94. The zero-order valence-electron chi connectivity index (χ0n) is 20.7. The Morgan fingerprint density at radius 1 is 0.921 bits per heavy atom. The molecule has 0 fully saturated rings. The average Bonchev–Trinajstić information content (AvgIpc) is 3.32. The van der Waals surface area contributed by atoms with Crippen LogP contribution in [-0.4, -0.2) is 48.3 Å². The molecule has 210 valence electrons. The summed E-state index contributed by atoms with van der Waals surface area (Å²) in [4.78, 5) is 3.15. The minimum absolute atomic E-state index is 0.0331. The molecular formula is C23H24F6N2O6S. The van der Waals surface area contributed by atoms with Crippen LogP contribution in [0, 0.1) is 5.92 Å². The Hall–Kier alpha value is -3.36. The van der Waals surface area contributed by atoms with Crippen LogP contribution in [0.15, 0.2) is 34.2 Å². The van der Waals surface area contributed by atoms with Crippen molar-refractivity contribution in [2.75, 3.05) is 32.7 Å². The molecule has 1 heterocycles. The van der Waals surface area contributed by atoms with Crippen molar-refractivity contribution in [2.45, 2.75) is 37.1 Å². The molecule has 0 unspecified atom stereocenters. The van der Waals surface area contributed by atoms with Gasteiger partial charge in [-0.05, 0) is 30.2 Å². The Balaban J connectivity index is 2.27. The number of benzene rings is 2. The lowest BCUT2D eigenvalue weighted by Crippen LogP contribution is -2.20. The quantitative estimate of drug-likeness (QED) is 0.430. The molecule has 1 N–H and O–H groups in total. The van der Waals surface area contributed by atoms with Crippen molar-refractivity contribution in [3.05, 3.63) is 41.0 Å². The van der Waals surface area contributed by atoms with E-state index >= 15 is 0 Å². The van der Waals surface area contributed by atoms with Crippen LogP contribution < -0.4 is 18.9 Å². The molecule has 0 bridgehead atoms. The fourth-order valence-corrected chi connectivity index (χ4v) is 4.73. The lowest BCUT2D eigenvalue weighted by molar-refractivity contribution is -0.143. The van der Waals surface area contributed by atoms with Crippen molar-refractivity contribution in [3.8, 4) is 17.2 Å². The monoisotopic (exact) mass is 570 g/mol. The van der Waals surface area contributed by atoms with Crippen LogP contribution >= 0.6 is 0 Å². The molecule has 0 amide bonds. The van der Waals surface area contributed by atoms with Gasteiger partial charge in [-0.2, -0.15) is 26.3 Å². The molecule has 0 aliphatic carbocycles. The molecule has 2 aromatic rings. The summed E-state index contributed by atoms with van der Waals surface area (Å²) in [6.07, 6.45) is -10.5. The second-order valence-corrected chi connectivity index (χ2v) is 10.2. The van der Waals surface area contributed by atoms with E-state index < -0.39 is 38.4 Å². The van der Waals surface area contributed by atoms with Gasteiger partial charge in [0.2, 0.25) is 11.6 Å². The highest BCUT2D eigenvalue weighted by Gasteiger charge is 2.39. The molecule has 15 heteroatoms. The van der Waals surface area contributed by atoms with Crippen molar-refractivity contribution in [1.29, 1.82) is 0 Å². The van der Waals surface area contributed by atoms with E-state index in [0.29, 0.717) is 0 Å². The van der Waals surface area contributed by atoms with Crippen LogP contribution in [0.25, 0.3) is 0 Å². The first-order valence-corrected chi connectivity index (χ1v) is 12.4. The van der Waals surface area contributed by atoms with E-state index in [1.807, 2.05) is 18.6 Å². The number of sulfonamides is 1. The van der Waals surface area contributed by atoms with Crippen molar-refractivity contribution in [1.82, 2.24) is 0 Å². The van der Waals surface area contributed by atoms with Gasteiger partial charge in [0.15, 0.2) is 11.5 Å². The van der Waals surface area contributed by atoms with Crippen molar-refractivity contribution in [2.24, 2.45) is 10.9 Å². The minimum Gasteiger partial charge on any atom is -0.493 e. The summed E-state index contributed by atoms with van der Waals surface area (Å²) in [6, 6.07) is 1.03. The lowest BCUT2D eigenvalue weighted by Gasteiger charge is -2.21. The summed E-state index contributed by atoms with van der Waals surface area (Å²) >= 11 is 0. The fraction of sp³-hybridized carbons (Fsp3) is 0.435. The maximum atomic E-state index is 13.4. The first-order chi connectivity index (χ1) is 17.5. The van der Waals surface area contributed by atoms with Crippen molar-refractivity contribution < 1.29 is 53.7 Å². The summed E-state index contributed by atoms with van der Waals surface area (Å²) in [5.74, 6) is -0.301. The number of anilines is 1. The Morgan fingerprint density at radius 2 is 1.47 bits per heavy atom. The van der Waals surface area contributed by atoms with E-state index in [0.717, 1.165) is 7.11 Å². The van der Waals surface area contributed by atoms with Crippen LogP contribution in [0.4, 0.5) is 32.0 Å². The zero-order valence-corrected chi connectivity index (χ0v) is 21.6. The molecule has 1 aliphatic rings. The van der Waals surface area contributed by atoms with Gasteiger partial charge in [-0.1, -0.05) is 13.8 Å². The van der Waals surface area contributed by atoms with Gasteiger partial charge >= 0.3 is 12.4 Å². The Labute approximate surface area is 214 Å². The SMILES string of the molecule is COc1cc(C2=N[C@H](C(C)C)CO2)c(NS(=O)(=O)c2cc(C(F)(F)F)cc(C(F)(F)F)c2)c(OC)c1OC. The largest absolute Gasteiger partial charge is 0.493 e. The van der Waals surface area contributed by atoms with Crippen LogP contribution in [-0.2, 0) is 27.1 Å². The molecule has 0 saturated carbocycles. The highest BCUT2D eigenvalue weighted by Crippen LogP contribution is 2.47. The van der Waals surface area contributed by atoms with Gasteiger partial charge in [0.1, 0.15) is 12.3 Å². The molecule has 0 aromatic heterocycles. The molecule has 0 saturated heterocycles. The molecule has 38 heavy (non-hydrogen) atoms. The number of aliphatic imine (C=N–C) groups is 1. The van der Waals surface area contributed by atoms with E-state index in [-0.39, 0.29) is 71.2 Å². The number of methoxy groups -OCH3 is 3. The predicted molar refractivity (Wildman–Crippen MR) is 124 cm³/mol. The maximum Gasteiger partial charge on any atom is 0.416 e. The van der Waals surface area contributed by atoms with Crippen molar-refractivity contribution >= 4 is 21.6 Å². The predicted octanol–water partition coefficient (Wildman–Crippen LogP) is 5.35. The van der Waals surface area contributed by atoms with Crippen molar-refractivity contribution in [3.63, 3.8) is 0 Å². The highest BCUT2D eigenvalue weighted by molar-refractivity contribution is 7.92. The Kier molecular flexibility index (Phi) is 8.01. The molecule has 2 aromatic carbocycles. The number of halogens is 6. The van der Waals surface area contributed by atoms with Gasteiger partial charge in [0.25, 0.3) is 10.0 Å². The number of nitrogens with one attached hydrogen (secondary N) is 1. The van der Waals surface area contributed by atoms with Crippen LogP contribution in [0.3, 0.4) is 0 Å². The third-order valence-electron chi connectivity index (χ3n) is 5.61. The van der Waals surface area contributed by atoms with Gasteiger partial charge in [-0.3, -0.25) is 4.72 Å². The number of rotatable bonds is 8.